The molecular formula is C15H12F3N. The third-order valence-electron chi connectivity index (χ3n) is 2.58. The quantitative estimate of drug-likeness (QED) is 0.734. The Labute approximate surface area is 109 Å². The number of aliphatic imine (C=N–C) groups is 1. The molecule has 0 aliphatic carbocycles. The van der Waals surface area contributed by atoms with E-state index in [1.807, 2.05) is 6.07 Å². The Morgan fingerprint density at radius 2 is 1.37 bits per heavy atom. The van der Waals surface area contributed by atoms with Crippen LogP contribution in [0.1, 0.15) is 11.1 Å². The largest absolute Gasteiger partial charge is 0.433 e. The van der Waals surface area contributed by atoms with Crippen LogP contribution in [0.4, 0.5) is 13.2 Å². The van der Waals surface area contributed by atoms with E-state index >= 15 is 0 Å². The summed E-state index contributed by atoms with van der Waals surface area (Å²) in [5, 5.41) is 0. The van der Waals surface area contributed by atoms with E-state index in [0.29, 0.717) is 0 Å². The summed E-state index contributed by atoms with van der Waals surface area (Å²) in [6.07, 6.45) is -4.45. The fraction of sp³-hybridized carbons (Fsp3) is 0.133. The van der Waals surface area contributed by atoms with Crippen LogP contribution in [0.15, 0.2) is 65.7 Å². The smallest absolute Gasteiger partial charge is 0.275 e. The van der Waals surface area contributed by atoms with Crippen LogP contribution in [0.2, 0.25) is 0 Å². The summed E-state index contributed by atoms with van der Waals surface area (Å²) in [4.78, 5) is 3.73. The molecule has 0 aliphatic rings. The molecule has 0 atom stereocenters. The van der Waals surface area contributed by atoms with Crippen LogP contribution in [0, 0.1) is 0 Å². The summed E-state index contributed by atoms with van der Waals surface area (Å²) in [7, 11) is 0. The number of hydrogen-bond donors (Lipinski definition) is 0. The molecule has 98 valence electrons. The summed E-state index contributed by atoms with van der Waals surface area (Å²) in [6, 6.07) is 16.5. The predicted octanol–water partition coefficient (Wildman–Crippen LogP) is 4.24. The molecule has 0 saturated heterocycles. The van der Waals surface area contributed by atoms with Crippen molar-refractivity contribution in [3.8, 4) is 0 Å². The second-order valence-corrected chi connectivity index (χ2v) is 4.01. The lowest BCUT2D eigenvalue weighted by Crippen LogP contribution is -2.24. The molecule has 4 heteroatoms. The predicted molar refractivity (Wildman–Crippen MR) is 69.2 cm³/mol. The topological polar surface area (TPSA) is 12.4 Å². The van der Waals surface area contributed by atoms with Gasteiger partial charge in [-0.2, -0.15) is 13.2 Å². The van der Waals surface area contributed by atoms with Crippen molar-refractivity contribution in [3.63, 3.8) is 0 Å². The fourth-order valence-electron chi connectivity index (χ4n) is 1.69. The average molecular weight is 263 g/mol. The normalized spacial score (nSPS) is 12.5. The average Bonchev–Trinajstić information content (AvgIpc) is 2.40. The minimum Gasteiger partial charge on any atom is -0.275 e. The van der Waals surface area contributed by atoms with Crippen LogP contribution in [-0.2, 0) is 6.54 Å². The first-order valence-corrected chi connectivity index (χ1v) is 5.78. The van der Waals surface area contributed by atoms with E-state index < -0.39 is 11.9 Å². The third-order valence-corrected chi connectivity index (χ3v) is 2.58. The van der Waals surface area contributed by atoms with Crippen LogP contribution in [0.25, 0.3) is 0 Å². The van der Waals surface area contributed by atoms with Crippen molar-refractivity contribution < 1.29 is 13.2 Å². The number of rotatable bonds is 3. The van der Waals surface area contributed by atoms with Crippen LogP contribution >= 0.6 is 0 Å². The highest BCUT2D eigenvalue weighted by Crippen LogP contribution is 2.23. The van der Waals surface area contributed by atoms with E-state index in [-0.39, 0.29) is 12.1 Å². The van der Waals surface area contributed by atoms with Gasteiger partial charge in [0.2, 0.25) is 0 Å². The maximum Gasteiger partial charge on any atom is 0.433 e. The molecule has 2 aromatic carbocycles. The number of nitrogens with zero attached hydrogens (tertiary/aromatic N) is 1. The first kappa shape index (κ1) is 13.3. The van der Waals surface area contributed by atoms with Gasteiger partial charge in [0.1, 0.15) is 5.71 Å². The van der Waals surface area contributed by atoms with Crippen molar-refractivity contribution in [1.82, 2.24) is 0 Å². The maximum absolute atomic E-state index is 13.0. The van der Waals surface area contributed by atoms with Gasteiger partial charge in [-0.05, 0) is 5.56 Å². The van der Waals surface area contributed by atoms with Gasteiger partial charge in [0.25, 0.3) is 0 Å². The molecule has 0 spiro atoms. The SMILES string of the molecule is FC(F)(F)C(=NCc1ccccc1)c1ccccc1. The second-order valence-electron chi connectivity index (χ2n) is 4.01. The van der Waals surface area contributed by atoms with E-state index in [1.165, 1.54) is 12.1 Å². The molecule has 19 heavy (non-hydrogen) atoms. The van der Waals surface area contributed by atoms with Crippen molar-refractivity contribution in [2.24, 2.45) is 4.99 Å². The standard InChI is InChI=1S/C15H12F3N/c16-15(17,18)14(13-9-5-2-6-10-13)19-11-12-7-3-1-4-8-12/h1-10H,11H2. The van der Waals surface area contributed by atoms with E-state index in [4.69, 9.17) is 0 Å². The summed E-state index contributed by atoms with van der Waals surface area (Å²) in [5.41, 5.74) is 0.00284. The van der Waals surface area contributed by atoms with Crippen LogP contribution in [0.5, 0.6) is 0 Å². The van der Waals surface area contributed by atoms with Crippen LogP contribution in [-0.4, -0.2) is 11.9 Å². The molecular weight excluding hydrogens is 251 g/mol. The van der Waals surface area contributed by atoms with E-state index in [2.05, 4.69) is 4.99 Å². The van der Waals surface area contributed by atoms with Gasteiger partial charge in [0.05, 0.1) is 6.54 Å². The molecule has 2 rings (SSSR count). The van der Waals surface area contributed by atoms with Gasteiger partial charge in [-0.3, -0.25) is 4.99 Å². The highest BCUT2D eigenvalue weighted by atomic mass is 19.4. The Kier molecular flexibility index (Phi) is 4.00. The summed E-state index contributed by atoms with van der Waals surface area (Å²) in [6.45, 7) is 0.0184. The Balaban J connectivity index is 2.29. The van der Waals surface area contributed by atoms with Gasteiger partial charge in [0.15, 0.2) is 0 Å². The number of alkyl halides is 3. The Hall–Kier alpha value is -2.10. The van der Waals surface area contributed by atoms with Gasteiger partial charge in [-0.15, -0.1) is 0 Å². The zero-order valence-corrected chi connectivity index (χ0v) is 10.1. The minimum absolute atomic E-state index is 0.0184. The Morgan fingerprint density at radius 3 is 1.89 bits per heavy atom. The summed E-state index contributed by atoms with van der Waals surface area (Å²) < 4.78 is 38.9. The van der Waals surface area contributed by atoms with E-state index in [0.717, 1.165) is 5.56 Å². The molecule has 0 amide bonds. The summed E-state index contributed by atoms with van der Waals surface area (Å²) in [5.74, 6) is 0. The molecule has 0 N–H and O–H groups in total. The van der Waals surface area contributed by atoms with Crippen molar-refractivity contribution in [1.29, 1.82) is 0 Å². The van der Waals surface area contributed by atoms with Gasteiger partial charge < -0.3 is 0 Å². The van der Waals surface area contributed by atoms with E-state index in [1.54, 1.807) is 42.5 Å². The van der Waals surface area contributed by atoms with Crippen molar-refractivity contribution in [2.75, 3.05) is 0 Å². The van der Waals surface area contributed by atoms with Gasteiger partial charge >= 0.3 is 6.18 Å². The molecule has 0 bridgehead atoms. The molecule has 1 nitrogen and oxygen atoms in total. The van der Waals surface area contributed by atoms with Crippen molar-refractivity contribution in [2.45, 2.75) is 12.7 Å². The Morgan fingerprint density at radius 1 is 0.842 bits per heavy atom. The lowest BCUT2D eigenvalue weighted by atomic mass is 10.1. The van der Waals surface area contributed by atoms with Gasteiger partial charge in [-0.1, -0.05) is 60.7 Å². The highest BCUT2D eigenvalue weighted by Gasteiger charge is 2.36. The molecule has 0 unspecified atom stereocenters. The number of benzene rings is 2. The molecule has 0 fully saturated rings. The summed E-state index contributed by atoms with van der Waals surface area (Å²) >= 11 is 0. The van der Waals surface area contributed by atoms with Crippen molar-refractivity contribution >= 4 is 5.71 Å². The number of hydrogen-bond acceptors (Lipinski definition) is 1. The number of halogens is 3. The van der Waals surface area contributed by atoms with E-state index in [9.17, 15) is 13.2 Å². The molecule has 0 radical (unpaired) electrons. The zero-order valence-electron chi connectivity index (χ0n) is 10.1. The van der Waals surface area contributed by atoms with Gasteiger partial charge in [0, 0.05) is 5.56 Å². The monoisotopic (exact) mass is 263 g/mol. The first-order chi connectivity index (χ1) is 9.07. The Bertz CT molecular complexity index is 545. The lowest BCUT2D eigenvalue weighted by Gasteiger charge is -2.10. The van der Waals surface area contributed by atoms with Gasteiger partial charge in [-0.25, -0.2) is 0 Å². The van der Waals surface area contributed by atoms with Crippen molar-refractivity contribution in [3.05, 3.63) is 71.8 Å². The highest BCUT2D eigenvalue weighted by molar-refractivity contribution is 6.04. The molecule has 0 aromatic heterocycles. The lowest BCUT2D eigenvalue weighted by molar-refractivity contribution is -0.0582. The minimum atomic E-state index is -4.45. The maximum atomic E-state index is 13.0. The third kappa shape index (κ3) is 3.68. The first-order valence-electron chi connectivity index (χ1n) is 5.78. The van der Waals surface area contributed by atoms with Crippen LogP contribution in [0.3, 0.4) is 0 Å². The van der Waals surface area contributed by atoms with Crippen LogP contribution < -0.4 is 0 Å². The molecule has 0 heterocycles. The molecule has 0 aliphatic heterocycles. The second kappa shape index (κ2) is 5.69. The molecule has 2 aromatic rings. The molecule has 0 saturated carbocycles. The zero-order chi connectivity index (χ0) is 13.7. The fourth-order valence-corrected chi connectivity index (χ4v) is 1.69.